The molecule has 0 N–H and O–H groups in total. The van der Waals surface area contributed by atoms with Crippen LogP contribution in [0.4, 0.5) is 0 Å². The summed E-state index contributed by atoms with van der Waals surface area (Å²) >= 11 is 0. The SMILES string of the molecule is COCC(C)OC.[LiH]. The summed E-state index contributed by atoms with van der Waals surface area (Å²) in [5.41, 5.74) is 0. The molecule has 0 aromatic carbocycles. The van der Waals surface area contributed by atoms with Crippen molar-refractivity contribution < 1.29 is 9.47 Å². The van der Waals surface area contributed by atoms with Gasteiger partial charge in [-0.05, 0) is 6.92 Å². The van der Waals surface area contributed by atoms with Gasteiger partial charge in [0, 0.05) is 14.2 Å². The molecule has 0 aliphatic carbocycles. The van der Waals surface area contributed by atoms with Gasteiger partial charge in [0.1, 0.15) is 0 Å². The van der Waals surface area contributed by atoms with Crippen molar-refractivity contribution in [2.45, 2.75) is 13.0 Å². The molecule has 0 saturated heterocycles. The van der Waals surface area contributed by atoms with E-state index in [0.717, 1.165) is 0 Å². The summed E-state index contributed by atoms with van der Waals surface area (Å²) in [6.45, 7) is 2.64. The number of ether oxygens (including phenoxy) is 2. The molecule has 0 aliphatic rings. The average Bonchev–Trinajstić information content (AvgIpc) is 1.68. The van der Waals surface area contributed by atoms with E-state index in [2.05, 4.69) is 0 Å². The molecule has 1 unspecified atom stereocenters. The van der Waals surface area contributed by atoms with E-state index in [1.807, 2.05) is 6.92 Å². The minimum atomic E-state index is 0. The fraction of sp³-hybridized carbons (Fsp3) is 1.00. The summed E-state index contributed by atoms with van der Waals surface area (Å²) in [6, 6.07) is 0. The molecule has 0 saturated carbocycles. The normalized spacial score (nSPS) is 12.4. The molecule has 0 radical (unpaired) electrons. The maximum absolute atomic E-state index is 4.87. The number of hydrogen-bond acceptors (Lipinski definition) is 2. The standard InChI is InChI=1S/C5H12O2.Li.H/c1-5(7-3)4-6-2;;/h5H,4H2,1-3H3;;. The number of rotatable bonds is 3. The number of methoxy groups -OCH3 is 2. The first-order valence-corrected chi connectivity index (χ1v) is 2.33. The van der Waals surface area contributed by atoms with E-state index < -0.39 is 0 Å². The van der Waals surface area contributed by atoms with E-state index in [9.17, 15) is 0 Å². The fourth-order valence-electron chi connectivity index (χ4n) is 0.303. The Morgan fingerprint density at radius 1 is 1.38 bits per heavy atom. The summed E-state index contributed by atoms with van der Waals surface area (Å²) in [5.74, 6) is 0. The van der Waals surface area contributed by atoms with Gasteiger partial charge in [-0.15, -0.1) is 0 Å². The van der Waals surface area contributed by atoms with Crippen molar-refractivity contribution in [3.63, 3.8) is 0 Å². The monoisotopic (exact) mass is 112 g/mol. The van der Waals surface area contributed by atoms with E-state index in [1.54, 1.807) is 14.2 Å². The van der Waals surface area contributed by atoms with E-state index in [1.165, 1.54) is 0 Å². The third-order valence-electron chi connectivity index (χ3n) is 0.804. The molecule has 0 heterocycles. The minimum absolute atomic E-state index is 0. The molecule has 0 bridgehead atoms. The molecule has 8 heavy (non-hydrogen) atoms. The Morgan fingerprint density at radius 3 is 2.00 bits per heavy atom. The van der Waals surface area contributed by atoms with Crippen LogP contribution in [0.3, 0.4) is 0 Å². The summed E-state index contributed by atoms with van der Waals surface area (Å²) in [7, 11) is 3.33. The van der Waals surface area contributed by atoms with Gasteiger partial charge in [0.05, 0.1) is 12.7 Å². The number of hydrogen-bond donors (Lipinski definition) is 0. The second-order valence-corrected chi connectivity index (χ2v) is 1.50. The van der Waals surface area contributed by atoms with Crippen LogP contribution in [-0.4, -0.2) is 45.8 Å². The Kier molecular flexibility index (Phi) is 10.6. The quantitative estimate of drug-likeness (QED) is 0.479. The first kappa shape index (κ1) is 11.3. The predicted octanol–water partition coefficient (Wildman–Crippen LogP) is 0.0192. The maximum atomic E-state index is 4.87. The van der Waals surface area contributed by atoms with Crippen molar-refractivity contribution in [3.8, 4) is 0 Å². The first-order chi connectivity index (χ1) is 3.31. The predicted molar refractivity (Wildman–Crippen MR) is 35.5 cm³/mol. The topological polar surface area (TPSA) is 18.5 Å². The molecular weight excluding hydrogens is 99.0 g/mol. The Hall–Kier alpha value is 0.517. The third kappa shape index (κ3) is 6.52. The van der Waals surface area contributed by atoms with Gasteiger partial charge in [-0.2, -0.15) is 0 Å². The van der Waals surface area contributed by atoms with Crippen LogP contribution < -0.4 is 0 Å². The van der Waals surface area contributed by atoms with Crippen molar-refractivity contribution in [1.29, 1.82) is 0 Å². The van der Waals surface area contributed by atoms with Gasteiger partial charge in [-0.1, -0.05) is 0 Å². The van der Waals surface area contributed by atoms with Crippen molar-refractivity contribution in [3.05, 3.63) is 0 Å². The third-order valence-corrected chi connectivity index (χ3v) is 0.804. The van der Waals surface area contributed by atoms with Crippen LogP contribution in [-0.2, 0) is 9.47 Å². The van der Waals surface area contributed by atoms with Gasteiger partial charge in [0.15, 0.2) is 0 Å². The van der Waals surface area contributed by atoms with E-state index in [-0.39, 0.29) is 25.0 Å². The Labute approximate surface area is 62.7 Å². The van der Waals surface area contributed by atoms with Gasteiger partial charge >= 0.3 is 18.9 Å². The van der Waals surface area contributed by atoms with E-state index in [0.29, 0.717) is 6.61 Å². The Morgan fingerprint density at radius 2 is 1.88 bits per heavy atom. The molecule has 3 heteroatoms. The Balaban J connectivity index is 0. The van der Waals surface area contributed by atoms with Gasteiger partial charge in [-0.3, -0.25) is 0 Å². The first-order valence-electron chi connectivity index (χ1n) is 2.33. The van der Waals surface area contributed by atoms with Crippen LogP contribution in [0.5, 0.6) is 0 Å². The van der Waals surface area contributed by atoms with Crippen LogP contribution >= 0.6 is 0 Å². The summed E-state index contributed by atoms with van der Waals surface area (Å²) in [5, 5.41) is 0. The molecule has 0 aromatic heterocycles. The average molecular weight is 112 g/mol. The van der Waals surface area contributed by atoms with Crippen molar-refractivity contribution >= 4 is 18.9 Å². The van der Waals surface area contributed by atoms with Crippen LogP contribution in [0.1, 0.15) is 6.92 Å². The van der Waals surface area contributed by atoms with Crippen molar-refractivity contribution in [1.82, 2.24) is 0 Å². The second kappa shape index (κ2) is 7.52. The van der Waals surface area contributed by atoms with Crippen LogP contribution in [0.2, 0.25) is 0 Å². The van der Waals surface area contributed by atoms with E-state index in [4.69, 9.17) is 9.47 Å². The van der Waals surface area contributed by atoms with Gasteiger partial charge < -0.3 is 9.47 Å². The van der Waals surface area contributed by atoms with Crippen LogP contribution in [0, 0.1) is 0 Å². The van der Waals surface area contributed by atoms with Gasteiger partial charge in [0.25, 0.3) is 0 Å². The van der Waals surface area contributed by atoms with Crippen molar-refractivity contribution in [2.24, 2.45) is 0 Å². The van der Waals surface area contributed by atoms with Gasteiger partial charge in [-0.25, -0.2) is 0 Å². The molecule has 0 fully saturated rings. The van der Waals surface area contributed by atoms with Gasteiger partial charge in [0.2, 0.25) is 0 Å². The molecule has 0 spiro atoms. The van der Waals surface area contributed by atoms with Crippen LogP contribution in [0.25, 0.3) is 0 Å². The molecule has 1 atom stereocenters. The zero-order valence-electron chi connectivity index (χ0n) is 5.10. The molecular formula is C5H13LiO2. The Bertz CT molecular complexity index is 41.4. The molecule has 0 aliphatic heterocycles. The second-order valence-electron chi connectivity index (χ2n) is 1.50. The van der Waals surface area contributed by atoms with Crippen molar-refractivity contribution in [2.75, 3.05) is 20.8 Å². The zero-order valence-corrected chi connectivity index (χ0v) is 5.10. The molecule has 0 rings (SSSR count). The summed E-state index contributed by atoms with van der Waals surface area (Å²) in [6.07, 6.45) is 0.227. The van der Waals surface area contributed by atoms with Crippen LogP contribution in [0.15, 0.2) is 0 Å². The zero-order chi connectivity index (χ0) is 5.70. The molecule has 0 amide bonds. The molecule has 46 valence electrons. The summed E-state index contributed by atoms with van der Waals surface area (Å²) in [4.78, 5) is 0. The molecule has 0 aromatic rings. The summed E-state index contributed by atoms with van der Waals surface area (Å²) < 4.78 is 9.64. The van der Waals surface area contributed by atoms with E-state index >= 15 is 0 Å². The fourth-order valence-corrected chi connectivity index (χ4v) is 0.303. The molecule has 2 nitrogen and oxygen atoms in total.